The first-order chi connectivity index (χ1) is 15.4. The van der Waals surface area contributed by atoms with Gasteiger partial charge in [0, 0.05) is 17.8 Å². The molecule has 1 aromatic carbocycles. The topological polar surface area (TPSA) is 139 Å². The van der Waals surface area contributed by atoms with Crippen LogP contribution in [0.25, 0.3) is 10.9 Å². The van der Waals surface area contributed by atoms with Gasteiger partial charge in [-0.2, -0.15) is 17.0 Å². The molecule has 0 spiro atoms. The largest absolute Gasteiger partial charge is 0.496 e. The van der Waals surface area contributed by atoms with E-state index in [1.165, 1.54) is 7.11 Å². The van der Waals surface area contributed by atoms with Gasteiger partial charge < -0.3 is 25.7 Å². The molecule has 0 radical (unpaired) electrons. The zero-order valence-electron chi connectivity index (χ0n) is 18.1. The van der Waals surface area contributed by atoms with E-state index < -0.39 is 23.9 Å². The Kier molecular flexibility index (Phi) is 7.64. The van der Waals surface area contributed by atoms with Gasteiger partial charge in [-0.25, -0.2) is 0 Å². The lowest BCUT2D eigenvalue weighted by Gasteiger charge is -2.23. The van der Waals surface area contributed by atoms with E-state index in [1.807, 2.05) is 6.26 Å². The van der Waals surface area contributed by atoms with Gasteiger partial charge in [-0.15, -0.1) is 0 Å². The van der Waals surface area contributed by atoms with Crippen LogP contribution in [-0.4, -0.2) is 54.0 Å². The first-order valence-electron chi connectivity index (χ1n) is 10.4. The highest BCUT2D eigenvalue weighted by molar-refractivity contribution is 7.98. The summed E-state index contributed by atoms with van der Waals surface area (Å²) in [6.45, 7) is 0.575. The van der Waals surface area contributed by atoms with Crippen molar-refractivity contribution >= 4 is 40.4 Å². The third-order valence-corrected chi connectivity index (χ3v) is 6.32. The van der Waals surface area contributed by atoms with Gasteiger partial charge in [0.2, 0.25) is 11.8 Å². The minimum absolute atomic E-state index is 0.0991. The third-order valence-electron chi connectivity index (χ3n) is 5.68. The quantitative estimate of drug-likeness (QED) is 0.495. The maximum absolute atomic E-state index is 13.4. The Morgan fingerprint density at radius 3 is 2.84 bits per heavy atom. The number of hydrogen-bond acceptors (Lipinski definition) is 6. The molecule has 2 aromatic rings. The molecule has 3 atom stereocenters. The molecule has 0 unspecified atom stereocenters. The molecule has 0 bridgehead atoms. The molecule has 2 heterocycles. The van der Waals surface area contributed by atoms with Gasteiger partial charge >= 0.3 is 0 Å². The number of carbonyl (C=O) groups excluding carboxylic acids is 3. The van der Waals surface area contributed by atoms with Crippen molar-refractivity contribution in [1.29, 1.82) is 5.26 Å². The predicted molar refractivity (Wildman–Crippen MR) is 122 cm³/mol. The van der Waals surface area contributed by atoms with Gasteiger partial charge in [0.15, 0.2) is 0 Å². The number of aromatic nitrogens is 1. The number of rotatable bonds is 10. The highest BCUT2D eigenvalue weighted by Gasteiger charge is 2.31. The molecule has 1 saturated heterocycles. The minimum Gasteiger partial charge on any atom is -0.496 e. The van der Waals surface area contributed by atoms with Crippen molar-refractivity contribution in [1.82, 2.24) is 15.2 Å². The molecular weight excluding hydrogens is 430 g/mol. The Balaban J connectivity index is 1.97. The molecule has 3 rings (SSSR count). The summed E-state index contributed by atoms with van der Waals surface area (Å²) in [5.74, 6) is -0.242. The fourth-order valence-corrected chi connectivity index (χ4v) is 4.56. The first kappa shape index (κ1) is 23.5. The maximum atomic E-state index is 13.4. The minimum atomic E-state index is -0.818. The van der Waals surface area contributed by atoms with E-state index in [-0.39, 0.29) is 23.9 Å². The fraction of sp³-hybridized carbons (Fsp3) is 0.455. The number of hydrogen-bond donors (Lipinski definition) is 3. The monoisotopic (exact) mass is 457 g/mol. The van der Waals surface area contributed by atoms with Gasteiger partial charge in [0.1, 0.15) is 23.5 Å². The second-order valence-corrected chi connectivity index (χ2v) is 8.64. The van der Waals surface area contributed by atoms with Crippen LogP contribution in [0.15, 0.2) is 24.3 Å². The molecule has 1 fully saturated rings. The van der Waals surface area contributed by atoms with Crippen LogP contribution >= 0.6 is 11.8 Å². The van der Waals surface area contributed by atoms with E-state index in [4.69, 9.17) is 10.5 Å². The van der Waals surface area contributed by atoms with E-state index in [9.17, 15) is 19.6 Å². The summed E-state index contributed by atoms with van der Waals surface area (Å²) in [5.41, 5.74) is 6.48. The standard InChI is InChI=1S/C22H27N5O4S/c1-31-19-5-3-4-16-15(19)11-18(20(24)28)27(16)17(7-9-32-2)22(30)26-14(12-23)10-13-6-8-25-21(13)29/h3-5,11,13-14,17H,6-10H2,1-2H3,(H2,24,28)(H,25,29)(H,26,30)/t13-,14-,17-/m0/s1. The maximum Gasteiger partial charge on any atom is 0.265 e. The van der Waals surface area contributed by atoms with Gasteiger partial charge in [0.05, 0.1) is 18.7 Å². The summed E-state index contributed by atoms with van der Waals surface area (Å²) < 4.78 is 7.04. The average Bonchev–Trinajstić information content (AvgIpc) is 3.37. The number of nitrogens with two attached hydrogens (primary N) is 1. The van der Waals surface area contributed by atoms with Crippen molar-refractivity contribution in [2.24, 2.45) is 11.7 Å². The number of primary amides is 1. The molecule has 10 heteroatoms. The van der Waals surface area contributed by atoms with Crippen LogP contribution in [0.4, 0.5) is 0 Å². The molecule has 1 aromatic heterocycles. The number of fused-ring (bicyclic) bond motifs is 1. The number of amides is 3. The number of ether oxygens (including phenoxy) is 1. The van der Waals surface area contributed by atoms with E-state index in [0.29, 0.717) is 41.8 Å². The molecule has 3 amide bonds. The number of nitriles is 1. The zero-order chi connectivity index (χ0) is 23.3. The number of thioether (sulfide) groups is 1. The van der Waals surface area contributed by atoms with Crippen molar-refractivity contribution in [2.75, 3.05) is 25.7 Å². The predicted octanol–water partition coefficient (Wildman–Crippen LogP) is 1.58. The van der Waals surface area contributed by atoms with Crippen molar-refractivity contribution < 1.29 is 19.1 Å². The Morgan fingerprint density at radius 1 is 1.47 bits per heavy atom. The van der Waals surface area contributed by atoms with E-state index >= 15 is 0 Å². The summed E-state index contributed by atoms with van der Waals surface area (Å²) >= 11 is 1.57. The third kappa shape index (κ3) is 4.83. The van der Waals surface area contributed by atoms with Gasteiger partial charge in [-0.1, -0.05) is 6.07 Å². The average molecular weight is 458 g/mol. The Hall–Kier alpha value is -3.19. The van der Waals surface area contributed by atoms with Crippen molar-refractivity contribution in [3.63, 3.8) is 0 Å². The lowest BCUT2D eigenvalue weighted by Crippen LogP contribution is -2.41. The summed E-state index contributed by atoms with van der Waals surface area (Å²) in [6.07, 6.45) is 3.23. The van der Waals surface area contributed by atoms with Crippen LogP contribution in [0.5, 0.6) is 5.75 Å². The number of carbonyl (C=O) groups is 3. The van der Waals surface area contributed by atoms with Crippen LogP contribution in [0.3, 0.4) is 0 Å². The number of nitrogens with one attached hydrogen (secondary N) is 2. The second-order valence-electron chi connectivity index (χ2n) is 7.66. The van der Waals surface area contributed by atoms with E-state index in [1.54, 1.807) is 40.6 Å². The number of nitrogens with zero attached hydrogens (tertiary/aromatic N) is 2. The van der Waals surface area contributed by atoms with Crippen molar-refractivity contribution in [3.05, 3.63) is 30.0 Å². The van der Waals surface area contributed by atoms with E-state index in [0.717, 1.165) is 0 Å². The highest BCUT2D eigenvalue weighted by atomic mass is 32.2. The first-order valence-corrected chi connectivity index (χ1v) is 11.7. The lowest BCUT2D eigenvalue weighted by molar-refractivity contribution is -0.126. The van der Waals surface area contributed by atoms with Gasteiger partial charge in [-0.05, 0) is 49.5 Å². The summed E-state index contributed by atoms with van der Waals surface area (Å²) in [4.78, 5) is 37.5. The van der Waals surface area contributed by atoms with Crippen LogP contribution < -0.4 is 21.1 Å². The SMILES string of the molecule is COc1cccc2c1cc(C(N)=O)n2[C@@H](CCSC)C(=O)N[C@H](C#N)C[C@@H]1CCNC1=O. The van der Waals surface area contributed by atoms with E-state index in [2.05, 4.69) is 16.7 Å². The molecule has 9 nitrogen and oxygen atoms in total. The highest BCUT2D eigenvalue weighted by Crippen LogP contribution is 2.33. The van der Waals surface area contributed by atoms with Gasteiger partial charge in [0.25, 0.3) is 5.91 Å². The van der Waals surface area contributed by atoms with Crippen molar-refractivity contribution in [2.45, 2.75) is 31.3 Å². The molecule has 1 aliphatic heterocycles. The number of methoxy groups -OCH3 is 1. The lowest BCUT2D eigenvalue weighted by atomic mass is 9.98. The van der Waals surface area contributed by atoms with Crippen LogP contribution in [0.1, 0.15) is 35.8 Å². The Bertz CT molecular complexity index is 1060. The van der Waals surface area contributed by atoms with Crippen LogP contribution in [0, 0.1) is 17.2 Å². The number of benzene rings is 1. The Labute approximate surface area is 190 Å². The normalized spacial score (nSPS) is 17.4. The van der Waals surface area contributed by atoms with Gasteiger partial charge in [-0.3, -0.25) is 14.4 Å². The molecule has 0 aliphatic carbocycles. The van der Waals surface area contributed by atoms with Crippen LogP contribution in [0.2, 0.25) is 0 Å². The molecule has 1 aliphatic rings. The molecule has 32 heavy (non-hydrogen) atoms. The fourth-order valence-electron chi connectivity index (χ4n) is 4.10. The summed E-state index contributed by atoms with van der Waals surface area (Å²) in [5, 5.41) is 15.8. The molecule has 4 N–H and O–H groups in total. The second kappa shape index (κ2) is 10.4. The van der Waals surface area contributed by atoms with Crippen molar-refractivity contribution in [3.8, 4) is 11.8 Å². The molecular formula is C22H27N5O4S. The zero-order valence-corrected chi connectivity index (χ0v) is 18.9. The molecule has 0 saturated carbocycles. The molecule has 170 valence electrons. The summed E-state index contributed by atoms with van der Waals surface area (Å²) in [7, 11) is 1.53. The van der Waals surface area contributed by atoms with Crippen LogP contribution in [-0.2, 0) is 9.59 Å². The smallest absolute Gasteiger partial charge is 0.265 e. The summed E-state index contributed by atoms with van der Waals surface area (Å²) in [6, 6.07) is 7.49. The Morgan fingerprint density at radius 2 is 2.25 bits per heavy atom.